The number of amides is 2. The number of nitrogens with zero attached hydrogens (tertiary/aromatic N) is 1. The fourth-order valence-electron chi connectivity index (χ4n) is 2.47. The summed E-state index contributed by atoms with van der Waals surface area (Å²) >= 11 is 5.00. The molecular formula is C17H16N4O2S. The Hall–Kier alpha value is -2.80. The van der Waals surface area contributed by atoms with Crippen LogP contribution in [0.4, 0.5) is 0 Å². The van der Waals surface area contributed by atoms with Crippen molar-refractivity contribution in [2.75, 3.05) is 0 Å². The van der Waals surface area contributed by atoms with E-state index in [4.69, 9.17) is 12.2 Å². The first kappa shape index (κ1) is 16.1. The fraction of sp³-hybridized carbons (Fsp3) is 0.176. The molecule has 1 heterocycles. The summed E-state index contributed by atoms with van der Waals surface area (Å²) in [6.45, 7) is 0. The van der Waals surface area contributed by atoms with Gasteiger partial charge in [0.1, 0.15) is 0 Å². The van der Waals surface area contributed by atoms with Crippen molar-refractivity contribution in [2.24, 2.45) is 5.92 Å². The number of carbonyl (C=O) groups excluding carboxylic acids is 2. The molecule has 1 aliphatic rings. The first-order chi connectivity index (χ1) is 11.6. The highest BCUT2D eigenvalue weighted by Crippen LogP contribution is 2.47. The van der Waals surface area contributed by atoms with Gasteiger partial charge in [0, 0.05) is 18.3 Å². The van der Waals surface area contributed by atoms with Crippen LogP contribution in [0.15, 0.2) is 54.9 Å². The van der Waals surface area contributed by atoms with E-state index in [-0.39, 0.29) is 28.8 Å². The molecule has 2 aromatic rings. The van der Waals surface area contributed by atoms with Gasteiger partial charge in [-0.25, -0.2) is 0 Å². The van der Waals surface area contributed by atoms with Crippen LogP contribution < -0.4 is 16.2 Å². The Bertz CT molecular complexity index is 752. The molecule has 3 N–H and O–H groups in total. The normalized spacial score (nSPS) is 18.3. The number of nitrogens with one attached hydrogen (secondary N) is 3. The minimum Gasteiger partial charge on any atom is -0.298 e. The number of thiocarbonyl (C=S) groups is 1. The molecule has 1 fully saturated rings. The van der Waals surface area contributed by atoms with E-state index in [1.54, 1.807) is 18.3 Å². The van der Waals surface area contributed by atoms with E-state index in [0.29, 0.717) is 5.56 Å². The van der Waals surface area contributed by atoms with Crippen LogP contribution in [0.2, 0.25) is 0 Å². The number of carbonyl (C=O) groups is 2. The Labute approximate surface area is 144 Å². The third kappa shape index (κ3) is 3.94. The first-order valence-electron chi connectivity index (χ1n) is 7.51. The fourth-order valence-corrected chi connectivity index (χ4v) is 2.61. The number of hydrogen-bond acceptors (Lipinski definition) is 4. The molecule has 1 saturated carbocycles. The van der Waals surface area contributed by atoms with Crippen LogP contribution >= 0.6 is 12.2 Å². The number of benzene rings is 1. The lowest BCUT2D eigenvalue weighted by Gasteiger charge is -2.10. The van der Waals surface area contributed by atoms with Crippen LogP contribution in [0.25, 0.3) is 0 Å². The molecule has 0 aliphatic heterocycles. The maximum absolute atomic E-state index is 12.1. The lowest BCUT2D eigenvalue weighted by Crippen LogP contribution is -2.49. The third-order valence-corrected chi connectivity index (χ3v) is 4.01. The number of hydrogen-bond donors (Lipinski definition) is 3. The van der Waals surface area contributed by atoms with Gasteiger partial charge in [-0.1, -0.05) is 30.3 Å². The van der Waals surface area contributed by atoms with Crippen molar-refractivity contribution in [1.82, 2.24) is 21.2 Å². The second kappa shape index (κ2) is 7.18. The summed E-state index contributed by atoms with van der Waals surface area (Å²) in [5.74, 6) is -0.353. The molecule has 1 aromatic carbocycles. The highest BCUT2D eigenvalue weighted by atomic mass is 32.1. The Kier molecular flexibility index (Phi) is 4.81. The minimum atomic E-state index is -0.386. The van der Waals surface area contributed by atoms with Gasteiger partial charge in [0.05, 0.1) is 5.56 Å². The lowest BCUT2D eigenvalue weighted by atomic mass is 10.1. The average Bonchev–Trinajstić information content (AvgIpc) is 3.42. The number of hydrazine groups is 1. The summed E-state index contributed by atoms with van der Waals surface area (Å²) in [6, 6.07) is 13.2. The summed E-state index contributed by atoms with van der Waals surface area (Å²) in [5.41, 5.74) is 6.64. The van der Waals surface area contributed by atoms with Gasteiger partial charge in [0.15, 0.2) is 5.11 Å². The molecular weight excluding hydrogens is 324 g/mol. The molecule has 0 unspecified atom stereocenters. The van der Waals surface area contributed by atoms with Gasteiger partial charge in [-0.05, 0) is 42.3 Å². The average molecular weight is 340 g/mol. The van der Waals surface area contributed by atoms with E-state index in [9.17, 15) is 9.59 Å². The van der Waals surface area contributed by atoms with E-state index in [1.807, 2.05) is 30.3 Å². The van der Waals surface area contributed by atoms with E-state index < -0.39 is 0 Å². The van der Waals surface area contributed by atoms with Crippen molar-refractivity contribution in [1.29, 1.82) is 0 Å². The smallest absolute Gasteiger partial charge is 0.259 e. The van der Waals surface area contributed by atoms with Crippen molar-refractivity contribution < 1.29 is 9.59 Å². The number of aromatic nitrogens is 1. The zero-order valence-electron chi connectivity index (χ0n) is 12.7. The Morgan fingerprint density at radius 3 is 2.58 bits per heavy atom. The van der Waals surface area contributed by atoms with Crippen LogP contribution in [0.5, 0.6) is 0 Å². The molecule has 0 radical (unpaired) electrons. The standard InChI is InChI=1S/C17H16N4O2S/c22-15(12-7-4-8-18-10-12)19-17(24)21-20-16(23)14-9-13(14)11-5-2-1-3-6-11/h1-8,10,13-14H,9H2,(H,20,23)(H2,19,21,22,24)/t13-,14+/m0/s1. The molecule has 2 atom stereocenters. The predicted molar refractivity (Wildman–Crippen MR) is 92.9 cm³/mol. The summed E-state index contributed by atoms with van der Waals surface area (Å²) in [5, 5.41) is 2.52. The van der Waals surface area contributed by atoms with Crippen LogP contribution in [0, 0.1) is 5.92 Å². The molecule has 7 heteroatoms. The van der Waals surface area contributed by atoms with Crippen LogP contribution in [0.3, 0.4) is 0 Å². The topological polar surface area (TPSA) is 83.1 Å². The van der Waals surface area contributed by atoms with Gasteiger partial charge in [-0.3, -0.25) is 30.7 Å². The summed E-state index contributed by atoms with van der Waals surface area (Å²) in [4.78, 5) is 27.8. The molecule has 122 valence electrons. The van der Waals surface area contributed by atoms with Gasteiger partial charge in [0.25, 0.3) is 5.91 Å². The van der Waals surface area contributed by atoms with E-state index in [2.05, 4.69) is 21.2 Å². The molecule has 6 nitrogen and oxygen atoms in total. The van der Waals surface area contributed by atoms with Crippen molar-refractivity contribution >= 4 is 29.1 Å². The van der Waals surface area contributed by atoms with Gasteiger partial charge in [-0.15, -0.1) is 0 Å². The SMILES string of the molecule is O=C(NC(=S)NNC(=O)[C@@H]1C[C@H]1c1ccccc1)c1cccnc1. The zero-order valence-corrected chi connectivity index (χ0v) is 13.5. The van der Waals surface area contributed by atoms with E-state index >= 15 is 0 Å². The van der Waals surface area contributed by atoms with Crippen LogP contribution in [-0.2, 0) is 4.79 Å². The van der Waals surface area contributed by atoms with Gasteiger partial charge in [-0.2, -0.15) is 0 Å². The zero-order chi connectivity index (χ0) is 16.9. The number of pyridine rings is 1. The summed E-state index contributed by atoms with van der Waals surface area (Å²) in [6.07, 6.45) is 3.82. The van der Waals surface area contributed by atoms with Crippen LogP contribution in [-0.4, -0.2) is 21.9 Å². The highest BCUT2D eigenvalue weighted by molar-refractivity contribution is 7.80. The predicted octanol–water partition coefficient (Wildman–Crippen LogP) is 1.52. The second-order valence-corrected chi connectivity index (χ2v) is 5.91. The molecule has 24 heavy (non-hydrogen) atoms. The first-order valence-corrected chi connectivity index (χ1v) is 7.92. The summed E-state index contributed by atoms with van der Waals surface area (Å²) in [7, 11) is 0. The Morgan fingerprint density at radius 2 is 1.88 bits per heavy atom. The molecule has 3 rings (SSSR count). The largest absolute Gasteiger partial charge is 0.298 e. The Balaban J connectivity index is 1.44. The minimum absolute atomic E-state index is 0.0362. The molecule has 0 bridgehead atoms. The summed E-state index contributed by atoms with van der Waals surface area (Å²) < 4.78 is 0. The maximum atomic E-state index is 12.1. The van der Waals surface area contributed by atoms with E-state index in [1.165, 1.54) is 6.20 Å². The molecule has 0 saturated heterocycles. The third-order valence-electron chi connectivity index (χ3n) is 3.80. The monoisotopic (exact) mass is 340 g/mol. The van der Waals surface area contributed by atoms with E-state index in [0.717, 1.165) is 12.0 Å². The van der Waals surface area contributed by atoms with Gasteiger partial charge in [0.2, 0.25) is 5.91 Å². The van der Waals surface area contributed by atoms with Crippen molar-refractivity contribution in [3.63, 3.8) is 0 Å². The Morgan fingerprint density at radius 1 is 1.08 bits per heavy atom. The molecule has 1 aliphatic carbocycles. The number of rotatable bonds is 3. The van der Waals surface area contributed by atoms with Gasteiger partial charge < -0.3 is 0 Å². The molecule has 1 aromatic heterocycles. The quantitative estimate of drug-likeness (QED) is 0.583. The maximum Gasteiger partial charge on any atom is 0.259 e. The van der Waals surface area contributed by atoms with Gasteiger partial charge >= 0.3 is 0 Å². The molecule has 2 amide bonds. The van der Waals surface area contributed by atoms with Crippen LogP contribution in [0.1, 0.15) is 28.3 Å². The lowest BCUT2D eigenvalue weighted by molar-refractivity contribution is -0.123. The highest BCUT2D eigenvalue weighted by Gasteiger charge is 2.43. The molecule has 0 spiro atoms. The van der Waals surface area contributed by atoms with Crippen molar-refractivity contribution in [3.8, 4) is 0 Å². The van der Waals surface area contributed by atoms with Crippen molar-refractivity contribution in [3.05, 3.63) is 66.0 Å². The van der Waals surface area contributed by atoms with Crippen molar-refractivity contribution in [2.45, 2.75) is 12.3 Å². The second-order valence-electron chi connectivity index (χ2n) is 5.50.